The fraction of sp³-hybridized carbons (Fsp3) is 0.500. The van der Waals surface area contributed by atoms with Crippen LogP contribution in [0.25, 0.3) is 0 Å². The van der Waals surface area contributed by atoms with Gasteiger partial charge in [0, 0.05) is 19.7 Å². The lowest BCUT2D eigenvalue weighted by Gasteiger charge is -2.39. The van der Waals surface area contributed by atoms with Crippen molar-refractivity contribution in [1.82, 2.24) is 4.31 Å². The minimum Gasteiger partial charge on any atom is -0.478 e. The minimum atomic E-state index is -3.70. The van der Waals surface area contributed by atoms with Crippen LogP contribution in [0, 0.1) is 0 Å². The monoisotopic (exact) mass is 347 g/mol. The summed E-state index contributed by atoms with van der Waals surface area (Å²) in [5.74, 6) is -1.19. The van der Waals surface area contributed by atoms with E-state index in [0.717, 1.165) is 0 Å². The molecular weight excluding hydrogens is 330 g/mol. The molecule has 0 radical (unpaired) electrons. The first kappa shape index (κ1) is 17.2. The Balaban J connectivity index is 2.17. The molecule has 1 aromatic carbocycles. The third-order valence-electron chi connectivity index (χ3n) is 3.83. The van der Waals surface area contributed by atoms with E-state index in [4.69, 9.17) is 21.4 Å². The summed E-state index contributed by atoms with van der Waals surface area (Å²) in [5, 5.41) is 8.83. The van der Waals surface area contributed by atoms with Crippen molar-refractivity contribution in [2.75, 3.05) is 13.7 Å². The molecule has 0 atom stereocenters. The number of sulfonamides is 1. The average molecular weight is 348 g/mol. The van der Waals surface area contributed by atoms with E-state index in [1.807, 2.05) is 6.92 Å². The van der Waals surface area contributed by atoms with Gasteiger partial charge in [0.25, 0.3) is 0 Å². The maximum absolute atomic E-state index is 12.5. The molecule has 22 heavy (non-hydrogen) atoms. The van der Waals surface area contributed by atoms with Crippen LogP contribution in [0.15, 0.2) is 23.1 Å². The Morgan fingerprint density at radius 2 is 2.09 bits per heavy atom. The van der Waals surface area contributed by atoms with Crippen LogP contribution in [-0.4, -0.2) is 49.6 Å². The summed E-state index contributed by atoms with van der Waals surface area (Å²) >= 11 is 5.84. The van der Waals surface area contributed by atoms with Gasteiger partial charge in [-0.25, -0.2) is 13.2 Å². The van der Waals surface area contributed by atoms with Gasteiger partial charge in [0.15, 0.2) is 0 Å². The van der Waals surface area contributed by atoms with Crippen molar-refractivity contribution in [3.05, 3.63) is 28.8 Å². The molecule has 0 aliphatic heterocycles. The number of rotatable bonds is 6. The van der Waals surface area contributed by atoms with Gasteiger partial charge in [-0.05, 0) is 38.0 Å². The van der Waals surface area contributed by atoms with Crippen molar-refractivity contribution in [1.29, 1.82) is 0 Å². The Kier molecular flexibility index (Phi) is 5.11. The number of carbonyl (C=O) groups is 1. The Bertz CT molecular complexity index is 670. The van der Waals surface area contributed by atoms with Crippen LogP contribution in [0.3, 0.4) is 0 Å². The minimum absolute atomic E-state index is 0.00939. The van der Waals surface area contributed by atoms with Crippen LogP contribution in [-0.2, 0) is 14.8 Å². The molecule has 0 unspecified atom stereocenters. The highest BCUT2D eigenvalue weighted by molar-refractivity contribution is 7.89. The standard InChI is InChI=1S/C14H18ClNO5S/c1-3-21-10-6-9(7-10)16(2)22(19,20)11-4-5-12(14(17)18)13(15)8-11/h4-5,8-10H,3,6-7H2,1-2H3,(H,17,18). The molecule has 0 spiro atoms. The molecule has 0 aromatic heterocycles. The van der Waals surface area contributed by atoms with Gasteiger partial charge in [0.1, 0.15) is 0 Å². The predicted octanol–water partition coefficient (Wildman–Crippen LogP) is 2.23. The molecule has 1 aromatic rings. The SMILES string of the molecule is CCOC1CC(N(C)S(=O)(=O)c2ccc(C(=O)O)c(Cl)c2)C1. The van der Waals surface area contributed by atoms with E-state index in [-0.39, 0.29) is 27.6 Å². The molecule has 2 rings (SSSR count). The number of halogens is 1. The Labute approximate surface area is 134 Å². The first-order chi connectivity index (χ1) is 10.3. The summed E-state index contributed by atoms with van der Waals surface area (Å²) in [4.78, 5) is 10.9. The van der Waals surface area contributed by atoms with E-state index >= 15 is 0 Å². The van der Waals surface area contributed by atoms with Gasteiger partial charge in [-0.15, -0.1) is 0 Å². The van der Waals surface area contributed by atoms with Crippen molar-refractivity contribution < 1.29 is 23.1 Å². The van der Waals surface area contributed by atoms with Gasteiger partial charge in [-0.1, -0.05) is 11.6 Å². The maximum Gasteiger partial charge on any atom is 0.337 e. The third-order valence-corrected chi connectivity index (χ3v) is 6.05. The van der Waals surface area contributed by atoms with Crippen LogP contribution < -0.4 is 0 Å². The Hall–Kier alpha value is -1.15. The molecule has 6 nitrogen and oxygen atoms in total. The molecule has 0 saturated heterocycles. The van der Waals surface area contributed by atoms with Crippen molar-refractivity contribution in [3.8, 4) is 0 Å². The second-order valence-corrected chi connectivity index (χ2v) is 7.58. The van der Waals surface area contributed by atoms with Gasteiger partial charge in [0.05, 0.1) is 21.6 Å². The largest absolute Gasteiger partial charge is 0.478 e. The highest BCUT2D eigenvalue weighted by Crippen LogP contribution is 2.32. The van der Waals surface area contributed by atoms with E-state index in [9.17, 15) is 13.2 Å². The number of benzene rings is 1. The van der Waals surface area contributed by atoms with E-state index in [1.165, 1.54) is 29.6 Å². The number of carboxylic acid groups (broad SMARTS) is 1. The van der Waals surface area contributed by atoms with Crippen molar-refractivity contribution >= 4 is 27.6 Å². The Morgan fingerprint density at radius 1 is 1.45 bits per heavy atom. The van der Waals surface area contributed by atoms with Crippen LogP contribution in [0.4, 0.5) is 0 Å². The van der Waals surface area contributed by atoms with Crippen LogP contribution in [0.1, 0.15) is 30.1 Å². The van der Waals surface area contributed by atoms with Crippen LogP contribution >= 0.6 is 11.6 Å². The van der Waals surface area contributed by atoms with Gasteiger partial charge in [-0.2, -0.15) is 4.31 Å². The van der Waals surface area contributed by atoms with E-state index < -0.39 is 16.0 Å². The van der Waals surface area contributed by atoms with Gasteiger partial charge >= 0.3 is 5.97 Å². The maximum atomic E-state index is 12.5. The zero-order valence-corrected chi connectivity index (χ0v) is 13.9. The van der Waals surface area contributed by atoms with Crippen molar-refractivity contribution in [3.63, 3.8) is 0 Å². The summed E-state index contributed by atoms with van der Waals surface area (Å²) in [6, 6.07) is 3.53. The number of nitrogens with zero attached hydrogens (tertiary/aromatic N) is 1. The Morgan fingerprint density at radius 3 is 2.59 bits per heavy atom. The fourth-order valence-electron chi connectivity index (χ4n) is 2.40. The molecule has 0 heterocycles. The zero-order valence-electron chi connectivity index (χ0n) is 12.3. The first-order valence-corrected chi connectivity index (χ1v) is 8.71. The van der Waals surface area contributed by atoms with Crippen molar-refractivity contribution in [2.24, 2.45) is 0 Å². The lowest BCUT2D eigenvalue weighted by atomic mass is 9.89. The summed E-state index contributed by atoms with van der Waals surface area (Å²) in [6.07, 6.45) is 1.42. The van der Waals surface area contributed by atoms with Crippen LogP contribution in [0.2, 0.25) is 5.02 Å². The summed E-state index contributed by atoms with van der Waals surface area (Å²) in [7, 11) is -2.19. The van der Waals surface area contributed by atoms with Gasteiger partial charge < -0.3 is 9.84 Å². The topological polar surface area (TPSA) is 83.9 Å². The highest BCUT2D eigenvalue weighted by atomic mass is 35.5. The third kappa shape index (κ3) is 3.27. The summed E-state index contributed by atoms with van der Waals surface area (Å²) in [5.41, 5.74) is -0.122. The predicted molar refractivity (Wildman–Crippen MR) is 81.8 cm³/mol. The quantitative estimate of drug-likeness (QED) is 0.853. The highest BCUT2D eigenvalue weighted by Gasteiger charge is 2.38. The number of ether oxygens (including phenoxy) is 1. The molecule has 1 N–H and O–H groups in total. The number of carboxylic acids is 1. The van der Waals surface area contributed by atoms with E-state index in [2.05, 4.69) is 0 Å². The normalized spacial score (nSPS) is 21.6. The smallest absolute Gasteiger partial charge is 0.337 e. The second kappa shape index (κ2) is 6.54. The molecule has 1 aliphatic rings. The lowest BCUT2D eigenvalue weighted by Crippen LogP contribution is -2.48. The zero-order chi connectivity index (χ0) is 16.5. The molecule has 0 bridgehead atoms. The van der Waals surface area contributed by atoms with E-state index in [1.54, 1.807) is 0 Å². The summed E-state index contributed by atoms with van der Waals surface area (Å²) in [6.45, 7) is 2.51. The van der Waals surface area contributed by atoms with Crippen LogP contribution in [0.5, 0.6) is 0 Å². The molecule has 122 valence electrons. The summed E-state index contributed by atoms with van der Waals surface area (Å²) < 4.78 is 31.8. The van der Waals surface area contributed by atoms with Crippen molar-refractivity contribution in [2.45, 2.75) is 36.8 Å². The number of aromatic carboxylic acids is 1. The fourth-order valence-corrected chi connectivity index (χ4v) is 4.13. The molecular formula is C14H18ClNO5S. The van der Waals surface area contributed by atoms with E-state index in [0.29, 0.717) is 19.4 Å². The lowest BCUT2D eigenvalue weighted by molar-refractivity contribution is -0.0238. The van der Waals surface area contributed by atoms with Gasteiger partial charge in [-0.3, -0.25) is 0 Å². The molecule has 8 heteroatoms. The number of hydrogen-bond donors (Lipinski definition) is 1. The molecule has 1 aliphatic carbocycles. The molecule has 1 saturated carbocycles. The van der Waals surface area contributed by atoms with Gasteiger partial charge in [0.2, 0.25) is 10.0 Å². The molecule has 0 amide bonds. The average Bonchev–Trinajstić information content (AvgIpc) is 2.41. The first-order valence-electron chi connectivity index (χ1n) is 6.89. The molecule has 1 fully saturated rings. The number of hydrogen-bond acceptors (Lipinski definition) is 4. The second-order valence-electron chi connectivity index (χ2n) is 5.17.